The highest BCUT2D eigenvalue weighted by molar-refractivity contribution is 6.31. The highest BCUT2D eigenvalue weighted by Gasteiger charge is 2.25. The lowest BCUT2D eigenvalue weighted by molar-refractivity contribution is -0.665. The molecule has 4 rings (SSSR count). The van der Waals surface area contributed by atoms with Gasteiger partial charge in [0.2, 0.25) is 5.52 Å². The Morgan fingerprint density at radius 3 is 2.44 bits per heavy atom. The number of halogens is 1. The van der Waals surface area contributed by atoms with Gasteiger partial charge in [-0.25, -0.2) is 14.8 Å². The van der Waals surface area contributed by atoms with E-state index >= 15 is 0 Å². The first-order chi connectivity index (χ1) is 11.9. The molecule has 7 heteroatoms. The van der Waals surface area contributed by atoms with Crippen LogP contribution in [0.4, 0.5) is 0 Å². The van der Waals surface area contributed by atoms with Crippen molar-refractivity contribution in [2.24, 2.45) is 0 Å². The average Bonchev–Trinajstić information content (AvgIpc) is 3.06. The van der Waals surface area contributed by atoms with Crippen molar-refractivity contribution < 1.29 is 4.68 Å². The predicted molar refractivity (Wildman–Crippen MR) is 96.5 cm³/mol. The highest BCUT2D eigenvalue weighted by Crippen LogP contribution is 2.21. The number of hydrogen-bond acceptors (Lipinski definition) is 3. The van der Waals surface area contributed by atoms with Crippen molar-refractivity contribution >= 4 is 22.6 Å². The van der Waals surface area contributed by atoms with Crippen LogP contribution in [0.1, 0.15) is 22.8 Å². The first-order valence-electron chi connectivity index (χ1n) is 8.02. The summed E-state index contributed by atoms with van der Waals surface area (Å²) >= 11 is 6.14. The highest BCUT2D eigenvalue weighted by atomic mass is 35.5. The molecule has 0 fully saturated rings. The quantitative estimate of drug-likeness (QED) is 0.562. The number of hydrogen-bond donors (Lipinski definition) is 1. The standard InChI is InChI=1S/C18H17ClN6/c1-10-7-12(3)24(22-10)17-18(25-13(4)8-11(2)23-25)21-16-9-14(19)5-6-15(16)20-17/h5-9H,1-4H3/p+1. The summed E-state index contributed by atoms with van der Waals surface area (Å²) in [5, 5.41) is 8.54. The molecule has 0 aliphatic heterocycles. The van der Waals surface area contributed by atoms with Gasteiger partial charge in [-0.3, -0.25) is 0 Å². The molecule has 3 aromatic heterocycles. The van der Waals surface area contributed by atoms with E-state index in [4.69, 9.17) is 21.6 Å². The number of aryl methyl sites for hydroxylation is 4. The zero-order valence-electron chi connectivity index (χ0n) is 14.5. The zero-order valence-corrected chi connectivity index (χ0v) is 15.3. The monoisotopic (exact) mass is 353 g/mol. The van der Waals surface area contributed by atoms with Gasteiger partial charge in [-0.15, -0.1) is 4.68 Å². The molecule has 0 unspecified atom stereocenters. The number of fused-ring (bicyclic) bond motifs is 1. The molecule has 0 saturated heterocycles. The SMILES string of the molecule is Cc1cc(C)n(-c2nc3cc(Cl)ccc3nc2-[n+]2[nH]c(C)cc2C)n1. The molecule has 25 heavy (non-hydrogen) atoms. The van der Waals surface area contributed by atoms with Gasteiger partial charge in [-0.1, -0.05) is 11.6 Å². The van der Waals surface area contributed by atoms with E-state index in [-0.39, 0.29) is 0 Å². The first-order valence-corrected chi connectivity index (χ1v) is 8.40. The number of nitrogens with one attached hydrogen (secondary N) is 1. The van der Waals surface area contributed by atoms with Crippen LogP contribution in [0.5, 0.6) is 0 Å². The molecule has 126 valence electrons. The van der Waals surface area contributed by atoms with Gasteiger partial charge in [-0.2, -0.15) is 5.10 Å². The van der Waals surface area contributed by atoms with E-state index in [0.29, 0.717) is 16.7 Å². The molecule has 0 bridgehead atoms. The molecule has 0 atom stereocenters. The van der Waals surface area contributed by atoms with Crippen molar-refractivity contribution in [2.75, 3.05) is 0 Å². The Labute approximate surface area is 150 Å². The molecule has 6 nitrogen and oxygen atoms in total. The summed E-state index contributed by atoms with van der Waals surface area (Å²) in [6, 6.07) is 9.61. The Kier molecular flexibility index (Phi) is 3.58. The smallest absolute Gasteiger partial charge is 0.228 e. The number of rotatable bonds is 2. The van der Waals surface area contributed by atoms with E-state index in [1.807, 2.05) is 61.3 Å². The third-order valence-electron chi connectivity index (χ3n) is 4.08. The Morgan fingerprint density at radius 2 is 1.80 bits per heavy atom. The van der Waals surface area contributed by atoms with Crippen LogP contribution < -0.4 is 4.68 Å². The van der Waals surface area contributed by atoms with E-state index in [9.17, 15) is 0 Å². The summed E-state index contributed by atoms with van der Waals surface area (Å²) in [4.78, 5) is 9.66. The van der Waals surface area contributed by atoms with Crippen molar-refractivity contribution in [1.82, 2.24) is 24.8 Å². The van der Waals surface area contributed by atoms with Crippen LogP contribution in [-0.2, 0) is 0 Å². The fourth-order valence-electron chi connectivity index (χ4n) is 3.04. The van der Waals surface area contributed by atoms with Gasteiger partial charge in [0, 0.05) is 23.7 Å². The zero-order chi connectivity index (χ0) is 17.7. The maximum atomic E-state index is 6.14. The van der Waals surface area contributed by atoms with Gasteiger partial charge in [0.25, 0.3) is 5.82 Å². The lowest BCUT2D eigenvalue weighted by Gasteiger charge is -2.06. The average molecular weight is 354 g/mol. The topological polar surface area (TPSA) is 63.3 Å². The number of aromatic amines is 1. The number of aromatic nitrogens is 6. The Balaban J connectivity index is 2.08. The predicted octanol–water partition coefficient (Wildman–Crippen LogP) is 3.31. The Hall–Kier alpha value is -2.73. The second kappa shape index (κ2) is 5.67. The number of nitrogens with zero attached hydrogens (tertiary/aromatic N) is 5. The van der Waals surface area contributed by atoms with Gasteiger partial charge >= 0.3 is 5.82 Å². The normalized spacial score (nSPS) is 11.4. The van der Waals surface area contributed by atoms with E-state index in [1.165, 1.54) is 0 Å². The molecule has 0 radical (unpaired) electrons. The summed E-state index contributed by atoms with van der Waals surface area (Å²) in [6.45, 7) is 8.01. The van der Waals surface area contributed by atoms with E-state index in [2.05, 4.69) is 16.3 Å². The molecule has 0 amide bonds. The van der Waals surface area contributed by atoms with Gasteiger partial charge in [0.1, 0.15) is 11.2 Å². The van der Waals surface area contributed by atoms with Crippen LogP contribution in [-0.4, -0.2) is 24.8 Å². The Morgan fingerprint density at radius 1 is 1.00 bits per heavy atom. The van der Waals surface area contributed by atoms with Crippen LogP contribution in [0, 0.1) is 27.7 Å². The summed E-state index contributed by atoms with van der Waals surface area (Å²) in [5.74, 6) is 1.36. The third kappa shape index (κ3) is 2.68. The Bertz CT molecular complexity index is 1110. The number of benzene rings is 1. The molecule has 1 aromatic carbocycles. The van der Waals surface area contributed by atoms with Crippen molar-refractivity contribution in [3.8, 4) is 11.6 Å². The van der Waals surface area contributed by atoms with Crippen molar-refractivity contribution in [3.63, 3.8) is 0 Å². The molecule has 1 N–H and O–H groups in total. The van der Waals surface area contributed by atoms with Gasteiger partial charge in [-0.05, 0) is 50.0 Å². The maximum absolute atomic E-state index is 6.14. The fraction of sp³-hybridized carbons (Fsp3) is 0.222. The molecule has 0 aliphatic carbocycles. The lowest BCUT2D eigenvalue weighted by Crippen LogP contribution is -2.38. The minimum atomic E-state index is 0.633. The summed E-state index contributed by atoms with van der Waals surface area (Å²) < 4.78 is 3.75. The minimum absolute atomic E-state index is 0.633. The first kappa shape index (κ1) is 15.8. The minimum Gasteiger partial charge on any atom is -0.228 e. The molecular formula is C18H18ClN6+. The second-order valence-corrected chi connectivity index (χ2v) is 6.70. The molecule has 3 heterocycles. The fourth-order valence-corrected chi connectivity index (χ4v) is 3.21. The molecule has 0 saturated carbocycles. The van der Waals surface area contributed by atoms with Crippen LogP contribution in [0.3, 0.4) is 0 Å². The van der Waals surface area contributed by atoms with Crippen LogP contribution in [0.15, 0.2) is 30.3 Å². The maximum Gasteiger partial charge on any atom is 0.392 e. The van der Waals surface area contributed by atoms with Gasteiger partial charge < -0.3 is 0 Å². The van der Waals surface area contributed by atoms with Crippen LogP contribution >= 0.6 is 11.6 Å². The lowest BCUT2D eigenvalue weighted by atomic mass is 10.3. The third-order valence-corrected chi connectivity index (χ3v) is 4.31. The van der Waals surface area contributed by atoms with Crippen molar-refractivity contribution in [2.45, 2.75) is 27.7 Å². The summed E-state index contributed by atoms with van der Waals surface area (Å²) in [7, 11) is 0. The summed E-state index contributed by atoms with van der Waals surface area (Å²) in [6.07, 6.45) is 0. The van der Waals surface area contributed by atoms with Gasteiger partial charge in [0.15, 0.2) is 0 Å². The van der Waals surface area contributed by atoms with E-state index < -0.39 is 0 Å². The molecule has 0 aliphatic rings. The summed E-state index contributed by atoms with van der Waals surface area (Å²) in [5.41, 5.74) is 5.54. The van der Waals surface area contributed by atoms with Crippen LogP contribution in [0.25, 0.3) is 22.7 Å². The second-order valence-electron chi connectivity index (χ2n) is 6.26. The largest absolute Gasteiger partial charge is 0.392 e. The van der Waals surface area contributed by atoms with Crippen molar-refractivity contribution in [3.05, 3.63) is 58.1 Å². The molecular weight excluding hydrogens is 336 g/mol. The van der Waals surface area contributed by atoms with Gasteiger partial charge in [0.05, 0.1) is 11.4 Å². The molecule has 0 spiro atoms. The van der Waals surface area contributed by atoms with E-state index in [1.54, 1.807) is 0 Å². The van der Waals surface area contributed by atoms with E-state index in [0.717, 1.165) is 33.8 Å². The van der Waals surface area contributed by atoms with Crippen molar-refractivity contribution in [1.29, 1.82) is 0 Å². The van der Waals surface area contributed by atoms with Crippen LogP contribution in [0.2, 0.25) is 5.02 Å². The number of H-pyrrole nitrogens is 1. The molecule has 4 aromatic rings.